The predicted octanol–water partition coefficient (Wildman–Crippen LogP) is 2.93. The fourth-order valence-corrected chi connectivity index (χ4v) is 4.63. The zero-order valence-corrected chi connectivity index (χ0v) is 14.2. The highest BCUT2D eigenvalue weighted by Crippen LogP contribution is 2.34. The van der Waals surface area contributed by atoms with Crippen molar-refractivity contribution in [3.8, 4) is 0 Å². The minimum Gasteiger partial charge on any atom is -0.332 e. The van der Waals surface area contributed by atoms with E-state index in [4.69, 9.17) is 0 Å². The Morgan fingerprint density at radius 2 is 1.79 bits per heavy atom. The molecule has 1 saturated carbocycles. The van der Waals surface area contributed by atoms with Crippen LogP contribution in [0.5, 0.6) is 0 Å². The van der Waals surface area contributed by atoms with E-state index in [1.807, 2.05) is 15.9 Å². The lowest BCUT2D eigenvalue weighted by atomic mass is 9.90. The van der Waals surface area contributed by atoms with Crippen LogP contribution in [0, 0.1) is 5.92 Å². The van der Waals surface area contributed by atoms with E-state index in [-0.39, 0.29) is 30.3 Å². The molecule has 1 aromatic rings. The van der Waals surface area contributed by atoms with Gasteiger partial charge in [-0.2, -0.15) is 0 Å². The molecule has 0 bridgehead atoms. The van der Waals surface area contributed by atoms with Gasteiger partial charge in [0.2, 0.25) is 11.8 Å². The second kappa shape index (κ2) is 6.58. The summed E-state index contributed by atoms with van der Waals surface area (Å²) in [6, 6.07) is 8.43. The second-order valence-corrected chi connectivity index (χ2v) is 7.46. The number of piperazine rings is 1. The second-order valence-electron chi connectivity index (χ2n) is 7.46. The lowest BCUT2D eigenvalue weighted by molar-refractivity contribution is -0.151. The zero-order valence-electron chi connectivity index (χ0n) is 14.2. The molecule has 2 fully saturated rings. The summed E-state index contributed by atoms with van der Waals surface area (Å²) in [5.41, 5.74) is 2.56. The number of hydrogen-bond donors (Lipinski definition) is 0. The Morgan fingerprint density at radius 3 is 2.58 bits per heavy atom. The first kappa shape index (κ1) is 15.7. The van der Waals surface area contributed by atoms with Crippen molar-refractivity contribution >= 4 is 11.8 Å². The molecule has 1 atom stereocenters. The normalized spacial score (nSPS) is 25.0. The first-order valence-corrected chi connectivity index (χ1v) is 9.40. The van der Waals surface area contributed by atoms with Gasteiger partial charge in [-0.05, 0) is 30.4 Å². The maximum atomic E-state index is 13.0. The summed E-state index contributed by atoms with van der Waals surface area (Å²) in [6.07, 6.45) is 7.70. The van der Waals surface area contributed by atoms with Crippen LogP contribution in [0.15, 0.2) is 24.3 Å². The van der Waals surface area contributed by atoms with Crippen molar-refractivity contribution in [2.24, 2.45) is 5.92 Å². The van der Waals surface area contributed by atoms with Gasteiger partial charge in [-0.1, -0.05) is 49.9 Å². The number of nitrogens with zero attached hydrogens (tertiary/aromatic N) is 2. The molecule has 1 aromatic carbocycles. The average Bonchev–Trinajstić information content (AvgIpc) is 2.90. The van der Waals surface area contributed by atoms with Gasteiger partial charge >= 0.3 is 0 Å². The highest BCUT2D eigenvalue weighted by atomic mass is 16.2. The van der Waals surface area contributed by atoms with Gasteiger partial charge in [0.1, 0.15) is 0 Å². The molecule has 1 saturated heterocycles. The Bertz CT molecular complexity index is 634. The topological polar surface area (TPSA) is 40.6 Å². The molecule has 0 spiro atoms. The van der Waals surface area contributed by atoms with Crippen LogP contribution in [-0.2, 0) is 16.0 Å². The molecule has 1 unspecified atom stereocenters. The maximum Gasteiger partial charge on any atom is 0.242 e. The predicted molar refractivity (Wildman–Crippen MR) is 92.4 cm³/mol. The molecule has 4 nitrogen and oxygen atoms in total. The minimum atomic E-state index is 0.0472. The summed E-state index contributed by atoms with van der Waals surface area (Å²) in [5, 5.41) is 0. The first-order chi connectivity index (χ1) is 11.7. The number of amides is 2. The van der Waals surface area contributed by atoms with Crippen LogP contribution in [-0.4, -0.2) is 41.2 Å². The van der Waals surface area contributed by atoms with Crippen LogP contribution < -0.4 is 0 Å². The van der Waals surface area contributed by atoms with E-state index in [1.165, 1.54) is 24.0 Å². The molecule has 128 valence electrons. The molecule has 4 rings (SSSR count). The number of fused-ring (bicyclic) bond motifs is 3. The average molecular weight is 326 g/mol. The third kappa shape index (κ3) is 2.83. The van der Waals surface area contributed by atoms with E-state index in [9.17, 15) is 9.59 Å². The number of hydrogen-bond acceptors (Lipinski definition) is 2. The summed E-state index contributed by atoms with van der Waals surface area (Å²) in [5.74, 6) is 0.460. The van der Waals surface area contributed by atoms with Crippen molar-refractivity contribution in [2.75, 3.05) is 19.6 Å². The largest absolute Gasteiger partial charge is 0.332 e. The molecule has 0 radical (unpaired) electrons. The molecule has 2 aliphatic heterocycles. The van der Waals surface area contributed by atoms with Crippen molar-refractivity contribution in [3.05, 3.63) is 35.4 Å². The number of carbonyl (C=O) groups is 2. The Labute approximate surface area is 143 Å². The lowest BCUT2D eigenvalue weighted by Gasteiger charge is -2.45. The first-order valence-electron chi connectivity index (χ1n) is 9.40. The van der Waals surface area contributed by atoms with Crippen molar-refractivity contribution in [1.82, 2.24) is 9.80 Å². The van der Waals surface area contributed by atoms with Crippen molar-refractivity contribution < 1.29 is 9.59 Å². The van der Waals surface area contributed by atoms with Gasteiger partial charge in [-0.25, -0.2) is 0 Å². The van der Waals surface area contributed by atoms with Crippen molar-refractivity contribution in [1.29, 1.82) is 0 Å². The summed E-state index contributed by atoms with van der Waals surface area (Å²) in [6.45, 7) is 1.72. The van der Waals surface area contributed by atoms with Gasteiger partial charge in [0.25, 0.3) is 0 Å². The van der Waals surface area contributed by atoms with Gasteiger partial charge in [0.05, 0.1) is 12.6 Å². The van der Waals surface area contributed by atoms with Crippen LogP contribution in [0.2, 0.25) is 0 Å². The summed E-state index contributed by atoms with van der Waals surface area (Å²) in [4.78, 5) is 29.5. The maximum absolute atomic E-state index is 13.0. The molecule has 1 aliphatic carbocycles. The molecule has 2 amide bonds. The van der Waals surface area contributed by atoms with Gasteiger partial charge in [-0.3, -0.25) is 9.59 Å². The molecular weight excluding hydrogens is 300 g/mol. The van der Waals surface area contributed by atoms with Gasteiger partial charge in [0, 0.05) is 19.0 Å². The Balaban J connectivity index is 1.55. The SMILES string of the molecule is O=C(C1CCCCCC1)N1CC(=O)N2CCc3ccccc3C2C1. The van der Waals surface area contributed by atoms with E-state index in [2.05, 4.69) is 18.2 Å². The third-order valence-corrected chi connectivity index (χ3v) is 5.97. The monoisotopic (exact) mass is 326 g/mol. The quantitative estimate of drug-likeness (QED) is 0.745. The fraction of sp³-hybridized carbons (Fsp3) is 0.600. The molecule has 24 heavy (non-hydrogen) atoms. The highest BCUT2D eigenvalue weighted by molar-refractivity contribution is 5.87. The van der Waals surface area contributed by atoms with E-state index < -0.39 is 0 Å². The fourth-order valence-electron chi connectivity index (χ4n) is 4.63. The lowest BCUT2D eigenvalue weighted by Crippen LogP contribution is -2.56. The molecule has 2 heterocycles. The molecular formula is C20H26N2O2. The van der Waals surface area contributed by atoms with Crippen LogP contribution in [0.4, 0.5) is 0 Å². The Morgan fingerprint density at radius 1 is 1.04 bits per heavy atom. The molecule has 4 heteroatoms. The number of rotatable bonds is 1. The smallest absolute Gasteiger partial charge is 0.242 e. The summed E-state index contributed by atoms with van der Waals surface area (Å²) < 4.78 is 0. The number of benzene rings is 1. The third-order valence-electron chi connectivity index (χ3n) is 5.97. The summed E-state index contributed by atoms with van der Waals surface area (Å²) >= 11 is 0. The van der Waals surface area contributed by atoms with Crippen LogP contribution in [0.25, 0.3) is 0 Å². The molecule has 0 aromatic heterocycles. The van der Waals surface area contributed by atoms with Gasteiger partial charge in [-0.15, -0.1) is 0 Å². The number of carbonyl (C=O) groups excluding carboxylic acids is 2. The standard InChI is InChI=1S/C20H26N2O2/c23-19-14-21(20(24)16-8-3-1-2-4-9-16)13-18-17-10-6-5-7-15(17)11-12-22(18)19/h5-7,10,16,18H,1-4,8-9,11-14H2. The molecule has 3 aliphatic rings. The van der Waals surface area contributed by atoms with E-state index >= 15 is 0 Å². The minimum absolute atomic E-state index is 0.0472. The van der Waals surface area contributed by atoms with Crippen LogP contribution >= 0.6 is 0 Å². The van der Waals surface area contributed by atoms with E-state index in [1.54, 1.807) is 0 Å². The van der Waals surface area contributed by atoms with Crippen molar-refractivity contribution in [2.45, 2.75) is 51.0 Å². The highest BCUT2D eigenvalue weighted by Gasteiger charge is 2.39. The van der Waals surface area contributed by atoms with Crippen LogP contribution in [0.1, 0.15) is 55.7 Å². The van der Waals surface area contributed by atoms with Crippen molar-refractivity contribution in [3.63, 3.8) is 0 Å². The van der Waals surface area contributed by atoms with Crippen LogP contribution in [0.3, 0.4) is 0 Å². The molecule has 0 N–H and O–H groups in total. The zero-order chi connectivity index (χ0) is 16.5. The Hall–Kier alpha value is -1.84. The van der Waals surface area contributed by atoms with Gasteiger partial charge < -0.3 is 9.80 Å². The summed E-state index contributed by atoms with van der Waals surface area (Å²) in [7, 11) is 0. The Kier molecular flexibility index (Phi) is 4.30. The van der Waals surface area contributed by atoms with E-state index in [0.717, 1.165) is 38.6 Å². The van der Waals surface area contributed by atoms with E-state index in [0.29, 0.717) is 6.54 Å². The van der Waals surface area contributed by atoms with Gasteiger partial charge in [0.15, 0.2) is 0 Å².